The first-order valence-corrected chi connectivity index (χ1v) is 21.9. The van der Waals surface area contributed by atoms with E-state index in [-0.39, 0.29) is 43.2 Å². The van der Waals surface area contributed by atoms with Gasteiger partial charge in [-0.2, -0.15) is 0 Å². The molecule has 3 aromatic carbocycles. The summed E-state index contributed by atoms with van der Waals surface area (Å²) in [5.41, 5.74) is 6.57. The Hall–Kier alpha value is -4.22. The molecule has 5 aliphatic rings. The third-order valence-corrected chi connectivity index (χ3v) is 13.0. The number of fused-ring (bicyclic) bond motifs is 4. The molecule has 1 unspecified atom stereocenters. The minimum Gasteiger partial charge on any atom is -0.493 e. The zero-order chi connectivity index (χ0) is 42.6. The predicted molar refractivity (Wildman–Crippen MR) is 240 cm³/mol. The van der Waals surface area contributed by atoms with Crippen LogP contribution in [0, 0.1) is 10.5 Å². The van der Waals surface area contributed by atoms with Crippen LogP contribution in [-0.2, 0) is 22.7 Å². The van der Waals surface area contributed by atoms with E-state index in [1.165, 1.54) is 0 Å². The van der Waals surface area contributed by atoms with E-state index in [2.05, 4.69) is 35.7 Å². The molecule has 16 heteroatoms. The summed E-state index contributed by atoms with van der Waals surface area (Å²) < 4.78 is 32.3. The summed E-state index contributed by atoms with van der Waals surface area (Å²) in [5.74, 6) is 1.18. The van der Waals surface area contributed by atoms with Crippen LogP contribution in [0.3, 0.4) is 0 Å². The predicted octanol–water partition coefficient (Wildman–Crippen LogP) is 6.43. The fraction of sp³-hybridized carbons (Fsp3) is 0.455. The van der Waals surface area contributed by atoms with E-state index >= 15 is 0 Å². The van der Waals surface area contributed by atoms with E-state index in [9.17, 15) is 19.6 Å². The second kappa shape index (κ2) is 17.3. The van der Waals surface area contributed by atoms with Crippen LogP contribution in [0.25, 0.3) is 0 Å². The highest BCUT2D eigenvalue weighted by atomic mass is 127. The maximum Gasteiger partial charge on any atom is 0.411 e. The quantitative estimate of drug-likeness (QED) is 0.125. The Labute approximate surface area is 366 Å². The highest BCUT2D eigenvalue weighted by Crippen LogP contribution is 2.44. The number of methoxy groups -OCH3 is 1. The van der Waals surface area contributed by atoms with Gasteiger partial charge in [-0.15, -0.1) is 0 Å². The van der Waals surface area contributed by atoms with Crippen LogP contribution in [-0.4, -0.2) is 103 Å². The SMILES string of the molecule is C=C1C[C@H]2[C@H](C)N(B(C)O)c3cc(OCc4cc(I)cc(COc5cc6c(cc5C)C(=O)N5CC(=C)C[C@H]5[C@H](OC5CCCCO5)N6B(C)O)c4)c(OC)cc3C(=O)N2C1. The Morgan fingerprint density at radius 3 is 2.00 bits per heavy atom. The molecular formula is C44H53B2IN4O9. The Balaban J connectivity index is 1.04. The van der Waals surface area contributed by atoms with E-state index in [0.29, 0.717) is 72.3 Å². The molecule has 13 nitrogen and oxygen atoms in total. The number of halogens is 1. The zero-order valence-corrected chi connectivity index (χ0v) is 37.1. The smallest absolute Gasteiger partial charge is 0.411 e. The first-order chi connectivity index (χ1) is 28.7. The number of rotatable bonds is 11. The van der Waals surface area contributed by atoms with Gasteiger partial charge >= 0.3 is 14.1 Å². The highest BCUT2D eigenvalue weighted by Gasteiger charge is 2.48. The van der Waals surface area contributed by atoms with Gasteiger partial charge in [0.25, 0.3) is 11.8 Å². The maximum atomic E-state index is 14.2. The van der Waals surface area contributed by atoms with Crippen molar-refractivity contribution in [3.05, 3.63) is 98.2 Å². The van der Waals surface area contributed by atoms with Crippen LogP contribution >= 0.6 is 22.6 Å². The fourth-order valence-electron chi connectivity index (χ4n) is 9.54. The van der Waals surface area contributed by atoms with Gasteiger partial charge in [0.15, 0.2) is 17.8 Å². The normalized spacial score (nSPS) is 23.8. The number of carbonyl (C=O) groups excluding carboxylic acids is 2. The molecule has 3 saturated heterocycles. The van der Waals surface area contributed by atoms with Crippen molar-refractivity contribution in [2.45, 2.75) is 103 Å². The second-order valence-corrected chi connectivity index (χ2v) is 18.0. The number of hydrogen-bond acceptors (Lipinski definition) is 11. The van der Waals surface area contributed by atoms with Crippen molar-refractivity contribution in [2.75, 3.05) is 36.4 Å². The largest absolute Gasteiger partial charge is 0.493 e. The van der Waals surface area contributed by atoms with Crippen molar-refractivity contribution in [2.24, 2.45) is 0 Å². The van der Waals surface area contributed by atoms with Crippen molar-refractivity contribution in [1.82, 2.24) is 9.80 Å². The van der Waals surface area contributed by atoms with Gasteiger partial charge in [-0.3, -0.25) is 9.59 Å². The number of hydrogen-bond donors (Lipinski definition) is 2. The van der Waals surface area contributed by atoms with Crippen molar-refractivity contribution in [3.8, 4) is 17.2 Å². The number of anilines is 2. The van der Waals surface area contributed by atoms with Crippen molar-refractivity contribution < 1.29 is 43.3 Å². The van der Waals surface area contributed by atoms with Gasteiger partial charge in [0.05, 0.1) is 30.3 Å². The molecule has 2 N–H and O–H groups in total. The highest BCUT2D eigenvalue weighted by molar-refractivity contribution is 14.1. The molecule has 0 aliphatic carbocycles. The van der Waals surface area contributed by atoms with Gasteiger partial charge in [-0.25, -0.2) is 0 Å². The van der Waals surface area contributed by atoms with Crippen LogP contribution in [0.2, 0.25) is 13.6 Å². The topological polar surface area (TPSA) is 134 Å². The molecule has 316 valence electrons. The summed E-state index contributed by atoms with van der Waals surface area (Å²) in [6.45, 7) is 17.6. The summed E-state index contributed by atoms with van der Waals surface area (Å²) >= 11 is 2.28. The first kappa shape index (κ1) is 42.5. The Morgan fingerprint density at radius 1 is 0.800 bits per heavy atom. The van der Waals surface area contributed by atoms with Gasteiger partial charge in [0.1, 0.15) is 25.2 Å². The third kappa shape index (κ3) is 8.13. The van der Waals surface area contributed by atoms with Gasteiger partial charge in [0.2, 0.25) is 0 Å². The Kier molecular flexibility index (Phi) is 12.2. The summed E-state index contributed by atoms with van der Waals surface area (Å²) in [4.78, 5) is 35.4. The van der Waals surface area contributed by atoms with E-state index in [0.717, 1.165) is 50.7 Å². The number of nitrogens with zero attached hydrogens (tertiary/aromatic N) is 4. The van der Waals surface area contributed by atoms with Crippen molar-refractivity contribution >= 4 is 59.9 Å². The Morgan fingerprint density at radius 2 is 1.38 bits per heavy atom. The molecule has 0 bridgehead atoms. The lowest BCUT2D eigenvalue weighted by Gasteiger charge is -2.40. The van der Waals surface area contributed by atoms with Gasteiger partial charge in [0, 0.05) is 52.8 Å². The summed E-state index contributed by atoms with van der Waals surface area (Å²) in [5, 5.41) is 22.4. The van der Waals surface area contributed by atoms with E-state index < -0.39 is 26.6 Å². The molecule has 5 atom stereocenters. The molecule has 0 aromatic heterocycles. The molecule has 8 rings (SSSR count). The molecule has 3 aromatic rings. The second-order valence-electron chi connectivity index (χ2n) is 16.8. The number of ether oxygens (including phenoxy) is 5. The average Bonchev–Trinajstić information content (AvgIpc) is 3.77. The minimum absolute atomic E-state index is 0.116. The minimum atomic E-state index is -0.983. The molecule has 0 spiro atoms. The van der Waals surface area contributed by atoms with Crippen LogP contribution in [0.1, 0.15) is 76.4 Å². The van der Waals surface area contributed by atoms with E-state index in [1.54, 1.807) is 37.7 Å². The van der Waals surface area contributed by atoms with Crippen LogP contribution in [0.5, 0.6) is 17.2 Å². The molecule has 0 saturated carbocycles. The third-order valence-electron chi connectivity index (χ3n) is 12.3. The first-order valence-electron chi connectivity index (χ1n) is 20.8. The van der Waals surface area contributed by atoms with Crippen LogP contribution in [0.15, 0.2) is 66.8 Å². The van der Waals surface area contributed by atoms with Crippen LogP contribution in [0.4, 0.5) is 11.4 Å². The molecule has 2 amide bonds. The maximum absolute atomic E-state index is 14.2. The lowest BCUT2D eigenvalue weighted by Crippen LogP contribution is -2.56. The van der Waals surface area contributed by atoms with Gasteiger partial charge < -0.3 is 53.2 Å². The average molecular weight is 930 g/mol. The van der Waals surface area contributed by atoms with Gasteiger partial charge in [-0.1, -0.05) is 24.3 Å². The zero-order valence-electron chi connectivity index (χ0n) is 35.0. The van der Waals surface area contributed by atoms with Gasteiger partial charge in [-0.05, 0) is 129 Å². The van der Waals surface area contributed by atoms with Crippen molar-refractivity contribution in [3.63, 3.8) is 0 Å². The summed E-state index contributed by atoms with van der Waals surface area (Å²) in [6.07, 6.45) is 2.83. The number of aryl methyl sites for hydroxylation is 1. The molecular weight excluding hydrogens is 877 g/mol. The molecule has 5 heterocycles. The molecule has 3 fully saturated rings. The molecule has 5 aliphatic heterocycles. The molecule has 60 heavy (non-hydrogen) atoms. The Bertz CT molecular complexity index is 2200. The lowest BCUT2D eigenvalue weighted by molar-refractivity contribution is -0.194. The number of benzene rings is 3. The summed E-state index contributed by atoms with van der Waals surface area (Å²) in [6, 6.07) is 12.7. The monoisotopic (exact) mass is 930 g/mol. The summed E-state index contributed by atoms with van der Waals surface area (Å²) in [7, 11) is -0.295. The fourth-order valence-corrected chi connectivity index (χ4v) is 10.3. The van der Waals surface area contributed by atoms with Crippen LogP contribution < -0.4 is 23.8 Å². The number of carbonyl (C=O) groups is 2. The lowest BCUT2D eigenvalue weighted by atomic mass is 9.80. The number of amides is 2. The standard InChI is InChI=1S/C44H53B2IN4O9/c1-25-12-34-28(4)50(45(5)54)35-20-40(39(56-7)18-33(35)43(53)48(34)21-25)59-24-30-15-29(16-31(47)17-30)23-58-38-19-36-32(14-27(38)3)42(52)49-22-26(2)13-37(49)44(51(36)46(6)55)60-41-10-8-9-11-57-41/h14-20,28,34,37,41,44,54-55H,1-2,8-13,21-24H2,3-7H3/t28-,34-,37-,41?,44-/m0/s1. The molecule has 0 radical (unpaired) electrons. The van der Waals surface area contributed by atoms with E-state index in [1.807, 2.05) is 58.8 Å². The van der Waals surface area contributed by atoms with E-state index in [4.69, 9.17) is 23.7 Å². The van der Waals surface area contributed by atoms with Crippen molar-refractivity contribution in [1.29, 1.82) is 0 Å².